The van der Waals surface area contributed by atoms with Gasteiger partial charge in [-0.1, -0.05) is 13.0 Å². The normalized spacial score (nSPS) is 9.83. The highest BCUT2D eigenvalue weighted by atomic mass is 15.0. The Hall–Kier alpha value is -2.41. The van der Waals surface area contributed by atoms with Gasteiger partial charge in [0.05, 0.1) is 0 Å². The number of nitrogens with zero attached hydrogens (tertiary/aromatic N) is 3. The zero-order valence-electron chi connectivity index (χ0n) is 10.4. The van der Waals surface area contributed by atoms with Crippen LogP contribution in [0.3, 0.4) is 0 Å². The number of anilines is 2. The molecule has 0 saturated heterocycles. The third-order valence-corrected chi connectivity index (χ3v) is 2.80. The molecular formula is C14H14N4. The van der Waals surface area contributed by atoms with E-state index in [4.69, 9.17) is 5.26 Å². The van der Waals surface area contributed by atoms with Gasteiger partial charge in [-0.15, -0.1) is 0 Å². The van der Waals surface area contributed by atoms with Crippen molar-refractivity contribution < 1.29 is 0 Å². The van der Waals surface area contributed by atoms with Crippen molar-refractivity contribution in [3.05, 3.63) is 47.4 Å². The standard InChI is InChI=1S/C14H14N4/c1-3-11-8-12(5-4-10(11)2)18-14-13(9-15)16-6-7-17-14/h4-8H,3H2,1-2H3,(H,17,18). The van der Waals surface area contributed by atoms with E-state index in [9.17, 15) is 0 Å². The van der Waals surface area contributed by atoms with E-state index in [-0.39, 0.29) is 0 Å². The molecule has 0 unspecified atom stereocenters. The van der Waals surface area contributed by atoms with Crippen molar-refractivity contribution in [2.75, 3.05) is 5.32 Å². The molecule has 1 heterocycles. The van der Waals surface area contributed by atoms with Gasteiger partial charge in [0.2, 0.25) is 0 Å². The van der Waals surface area contributed by atoms with Crippen LogP contribution in [-0.4, -0.2) is 9.97 Å². The first-order chi connectivity index (χ1) is 8.74. The van der Waals surface area contributed by atoms with Crippen LogP contribution < -0.4 is 5.32 Å². The monoisotopic (exact) mass is 238 g/mol. The Bertz CT molecular complexity index is 599. The van der Waals surface area contributed by atoms with E-state index < -0.39 is 0 Å². The number of benzene rings is 1. The highest BCUT2D eigenvalue weighted by Crippen LogP contribution is 2.20. The zero-order valence-corrected chi connectivity index (χ0v) is 10.4. The molecule has 1 N–H and O–H groups in total. The van der Waals surface area contributed by atoms with Gasteiger partial charge in [-0.2, -0.15) is 5.26 Å². The van der Waals surface area contributed by atoms with Gasteiger partial charge in [0, 0.05) is 18.1 Å². The lowest BCUT2D eigenvalue weighted by molar-refractivity contribution is 1.11. The van der Waals surface area contributed by atoms with Crippen molar-refractivity contribution in [2.45, 2.75) is 20.3 Å². The predicted molar refractivity (Wildman–Crippen MR) is 70.6 cm³/mol. The van der Waals surface area contributed by atoms with Gasteiger partial charge in [0.25, 0.3) is 0 Å². The van der Waals surface area contributed by atoms with E-state index >= 15 is 0 Å². The van der Waals surface area contributed by atoms with Crippen LogP contribution in [0.1, 0.15) is 23.7 Å². The molecule has 0 spiro atoms. The highest BCUT2D eigenvalue weighted by molar-refractivity contribution is 5.61. The lowest BCUT2D eigenvalue weighted by atomic mass is 10.1. The van der Waals surface area contributed by atoms with E-state index in [1.165, 1.54) is 17.3 Å². The molecule has 1 aromatic carbocycles. The second-order valence-corrected chi connectivity index (χ2v) is 3.99. The summed E-state index contributed by atoms with van der Waals surface area (Å²) in [7, 11) is 0. The van der Waals surface area contributed by atoms with Gasteiger partial charge in [-0.05, 0) is 36.6 Å². The first kappa shape index (κ1) is 12.1. The average molecular weight is 238 g/mol. The minimum Gasteiger partial charge on any atom is -0.338 e. The van der Waals surface area contributed by atoms with Gasteiger partial charge >= 0.3 is 0 Å². The molecular weight excluding hydrogens is 224 g/mol. The molecule has 0 bridgehead atoms. The summed E-state index contributed by atoms with van der Waals surface area (Å²) in [6, 6.07) is 8.13. The topological polar surface area (TPSA) is 61.6 Å². The largest absolute Gasteiger partial charge is 0.338 e. The van der Waals surface area contributed by atoms with Crippen LogP contribution in [0.4, 0.5) is 11.5 Å². The number of rotatable bonds is 3. The first-order valence-electron chi connectivity index (χ1n) is 5.82. The molecule has 0 amide bonds. The molecule has 0 atom stereocenters. The van der Waals surface area contributed by atoms with Crippen molar-refractivity contribution in [1.29, 1.82) is 5.26 Å². The van der Waals surface area contributed by atoms with Gasteiger partial charge < -0.3 is 5.32 Å². The smallest absolute Gasteiger partial charge is 0.183 e. The summed E-state index contributed by atoms with van der Waals surface area (Å²) in [4.78, 5) is 8.09. The van der Waals surface area contributed by atoms with E-state index in [0.717, 1.165) is 12.1 Å². The maximum Gasteiger partial charge on any atom is 0.183 e. The van der Waals surface area contributed by atoms with Crippen molar-refractivity contribution in [3.8, 4) is 6.07 Å². The van der Waals surface area contributed by atoms with Crippen molar-refractivity contribution in [3.63, 3.8) is 0 Å². The third kappa shape index (κ3) is 2.46. The molecule has 2 aromatic rings. The van der Waals surface area contributed by atoms with Crippen LogP contribution in [0, 0.1) is 18.3 Å². The molecule has 1 aromatic heterocycles. The summed E-state index contributed by atoms with van der Waals surface area (Å²) < 4.78 is 0. The Morgan fingerprint density at radius 2 is 2.06 bits per heavy atom. The maximum atomic E-state index is 8.95. The number of aromatic nitrogens is 2. The van der Waals surface area contributed by atoms with Crippen molar-refractivity contribution in [2.24, 2.45) is 0 Å². The van der Waals surface area contributed by atoms with Gasteiger partial charge in [-0.3, -0.25) is 0 Å². The van der Waals surface area contributed by atoms with E-state index in [1.54, 1.807) is 6.20 Å². The second-order valence-electron chi connectivity index (χ2n) is 3.99. The number of hydrogen-bond donors (Lipinski definition) is 1. The summed E-state index contributed by atoms with van der Waals surface area (Å²) in [5.74, 6) is 0.492. The minimum absolute atomic E-state index is 0.302. The van der Waals surface area contributed by atoms with E-state index in [0.29, 0.717) is 11.5 Å². The Morgan fingerprint density at radius 3 is 2.78 bits per heavy atom. The predicted octanol–water partition coefficient (Wildman–Crippen LogP) is 2.96. The van der Waals surface area contributed by atoms with Crippen molar-refractivity contribution >= 4 is 11.5 Å². The second kappa shape index (κ2) is 5.28. The molecule has 4 heteroatoms. The summed E-state index contributed by atoms with van der Waals surface area (Å²) in [5, 5.41) is 12.1. The molecule has 0 radical (unpaired) electrons. The lowest BCUT2D eigenvalue weighted by Crippen LogP contribution is -1.99. The van der Waals surface area contributed by atoms with Crippen LogP contribution in [0.2, 0.25) is 0 Å². The average Bonchev–Trinajstić information content (AvgIpc) is 2.41. The van der Waals surface area contributed by atoms with Gasteiger partial charge in [0.15, 0.2) is 11.5 Å². The fourth-order valence-corrected chi connectivity index (χ4v) is 1.78. The van der Waals surface area contributed by atoms with Gasteiger partial charge in [-0.25, -0.2) is 9.97 Å². The molecule has 4 nitrogen and oxygen atoms in total. The number of nitrogens with one attached hydrogen (secondary N) is 1. The van der Waals surface area contributed by atoms with Gasteiger partial charge in [0.1, 0.15) is 6.07 Å². The SMILES string of the molecule is CCc1cc(Nc2nccnc2C#N)ccc1C. The molecule has 0 saturated carbocycles. The first-order valence-corrected chi connectivity index (χ1v) is 5.82. The molecule has 2 rings (SSSR count). The maximum absolute atomic E-state index is 8.95. The van der Waals surface area contributed by atoms with E-state index in [1.807, 2.05) is 12.1 Å². The molecule has 0 fully saturated rings. The van der Waals surface area contributed by atoms with Crippen LogP contribution in [0.5, 0.6) is 0 Å². The Kier molecular flexibility index (Phi) is 3.54. The molecule has 0 aliphatic rings. The number of nitriles is 1. The quantitative estimate of drug-likeness (QED) is 0.893. The Labute approximate surface area is 106 Å². The van der Waals surface area contributed by atoms with Crippen molar-refractivity contribution in [1.82, 2.24) is 9.97 Å². The van der Waals surface area contributed by atoms with Crippen LogP contribution in [0.15, 0.2) is 30.6 Å². The third-order valence-electron chi connectivity index (χ3n) is 2.80. The number of aryl methyl sites for hydroxylation is 2. The summed E-state index contributed by atoms with van der Waals surface area (Å²) in [6.45, 7) is 4.21. The van der Waals surface area contributed by atoms with Crippen LogP contribution in [0.25, 0.3) is 0 Å². The molecule has 0 aliphatic carbocycles. The summed E-state index contributed by atoms with van der Waals surface area (Å²) in [5.41, 5.74) is 3.77. The molecule has 0 aliphatic heterocycles. The highest BCUT2D eigenvalue weighted by Gasteiger charge is 2.05. The molecule has 90 valence electrons. The van der Waals surface area contributed by atoms with Crippen LogP contribution in [-0.2, 0) is 6.42 Å². The minimum atomic E-state index is 0.302. The van der Waals surface area contributed by atoms with E-state index in [2.05, 4.69) is 41.3 Å². The fourth-order valence-electron chi connectivity index (χ4n) is 1.78. The fraction of sp³-hybridized carbons (Fsp3) is 0.214. The Morgan fingerprint density at radius 1 is 1.28 bits per heavy atom. The number of hydrogen-bond acceptors (Lipinski definition) is 4. The molecule has 18 heavy (non-hydrogen) atoms. The summed E-state index contributed by atoms with van der Waals surface area (Å²) in [6.07, 6.45) is 4.06. The van der Waals surface area contributed by atoms with Crippen LogP contribution >= 0.6 is 0 Å². The lowest BCUT2D eigenvalue weighted by Gasteiger charge is -2.09. The summed E-state index contributed by atoms with van der Waals surface area (Å²) >= 11 is 0. The Balaban J connectivity index is 2.32. The zero-order chi connectivity index (χ0) is 13.0.